The van der Waals surface area contributed by atoms with Crippen LogP contribution in [0.25, 0.3) is 0 Å². The second kappa shape index (κ2) is 11.9. The molecule has 2 amide bonds. The quantitative estimate of drug-likeness (QED) is 0.483. The normalized spacial score (nSPS) is 11.2. The van der Waals surface area contributed by atoms with Crippen LogP contribution in [0, 0.1) is 0 Å². The molecule has 130 valence electrons. The summed E-state index contributed by atoms with van der Waals surface area (Å²) in [4.78, 5) is 22.9. The van der Waals surface area contributed by atoms with Crippen molar-refractivity contribution in [2.75, 3.05) is 31.6 Å². The molecule has 0 aliphatic carbocycles. The first-order valence-corrected chi connectivity index (χ1v) is 9.06. The maximum atomic E-state index is 11.6. The van der Waals surface area contributed by atoms with Crippen LogP contribution in [0.4, 0.5) is 4.79 Å². The molecule has 0 unspecified atom stereocenters. The standard InChI is InChI=1S/C15H31N3O2S.3H2/c1-13(19)15(2,3)18-14(20)17-11-10-16-9-7-5-6-8-12-21-4;;;/h16H,5-12H2,1-4H3,(H2,17,18,20);3*1H. The molecule has 0 spiro atoms. The van der Waals surface area contributed by atoms with Crippen LogP contribution < -0.4 is 16.0 Å². The second-order valence-corrected chi connectivity index (χ2v) is 6.70. The predicted octanol–water partition coefficient (Wildman–Crippen LogP) is 2.90. The van der Waals surface area contributed by atoms with E-state index in [0.717, 1.165) is 13.1 Å². The molecule has 6 heteroatoms. The van der Waals surface area contributed by atoms with Crippen molar-refractivity contribution in [3.05, 3.63) is 0 Å². The highest BCUT2D eigenvalue weighted by molar-refractivity contribution is 7.98. The highest BCUT2D eigenvalue weighted by Crippen LogP contribution is 2.04. The number of Topliss-reactive ketones (excluding diaryl/α,β-unsaturated/α-hetero) is 1. The van der Waals surface area contributed by atoms with Crippen molar-refractivity contribution in [3.63, 3.8) is 0 Å². The average molecular weight is 324 g/mol. The Morgan fingerprint density at radius 3 is 2.33 bits per heavy atom. The van der Waals surface area contributed by atoms with Gasteiger partial charge in [0.1, 0.15) is 0 Å². The van der Waals surface area contributed by atoms with Crippen molar-refractivity contribution in [1.82, 2.24) is 16.0 Å². The Kier molecular flexibility index (Phi) is 11.4. The number of hydrogen-bond donors (Lipinski definition) is 3. The van der Waals surface area contributed by atoms with E-state index in [-0.39, 0.29) is 16.1 Å². The fourth-order valence-electron chi connectivity index (χ4n) is 1.66. The van der Waals surface area contributed by atoms with Crippen molar-refractivity contribution in [3.8, 4) is 0 Å². The molecule has 0 heterocycles. The highest BCUT2D eigenvalue weighted by atomic mass is 32.2. The summed E-state index contributed by atoms with van der Waals surface area (Å²) in [5.41, 5.74) is -0.811. The number of nitrogens with one attached hydrogen (secondary N) is 3. The Hall–Kier alpha value is -0.750. The zero-order valence-corrected chi connectivity index (χ0v) is 14.7. The van der Waals surface area contributed by atoms with E-state index in [0.29, 0.717) is 6.54 Å². The maximum absolute atomic E-state index is 11.6. The molecule has 0 saturated carbocycles. The largest absolute Gasteiger partial charge is 0.337 e. The van der Waals surface area contributed by atoms with Gasteiger partial charge >= 0.3 is 6.03 Å². The summed E-state index contributed by atoms with van der Waals surface area (Å²) in [6.07, 6.45) is 7.17. The lowest BCUT2D eigenvalue weighted by Crippen LogP contribution is -2.53. The van der Waals surface area contributed by atoms with Crippen LogP contribution in [0.5, 0.6) is 0 Å². The fraction of sp³-hybridized carbons (Fsp3) is 0.867. The Labute approximate surface area is 137 Å². The number of rotatable bonds is 12. The Balaban J connectivity index is -0.000000667. The molecule has 0 aromatic heterocycles. The summed E-state index contributed by atoms with van der Waals surface area (Å²) in [5, 5.41) is 8.70. The second-order valence-electron chi connectivity index (χ2n) is 5.72. The zero-order valence-electron chi connectivity index (χ0n) is 13.9. The number of ketones is 1. The van der Waals surface area contributed by atoms with Gasteiger partial charge in [-0.1, -0.05) is 12.8 Å². The molecule has 0 fully saturated rings. The minimum atomic E-state index is -0.811. The van der Waals surface area contributed by atoms with Crippen molar-refractivity contribution in [1.29, 1.82) is 0 Å². The lowest BCUT2D eigenvalue weighted by Gasteiger charge is -2.23. The molecule has 0 atom stereocenters. The van der Waals surface area contributed by atoms with Gasteiger partial charge in [-0.2, -0.15) is 11.8 Å². The van der Waals surface area contributed by atoms with Gasteiger partial charge in [0.05, 0.1) is 5.54 Å². The fourth-order valence-corrected chi connectivity index (χ4v) is 2.15. The van der Waals surface area contributed by atoms with Gasteiger partial charge in [0.25, 0.3) is 0 Å². The van der Waals surface area contributed by atoms with E-state index in [1.165, 1.54) is 38.4 Å². The number of carbonyl (C=O) groups excluding carboxylic acids is 2. The number of carbonyl (C=O) groups is 2. The summed E-state index contributed by atoms with van der Waals surface area (Å²) in [6, 6.07) is -0.297. The SMILES string of the molecule is CSCCCCCCNCCNC(=O)NC(C)(C)C(C)=O.[HH].[HH].[HH]. The third-order valence-corrected chi connectivity index (χ3v) is 4.04. The summed E-state index contributed by atoms with van der Waals surface area (Å²) in [6.45, 7) is 7.17. The van der Waals surface area contributed by atoms with Crippen molar-refractivity contribution in [2.24, 2.45) is 0 Å². The molecule has 0 radical (unpaired) electrons. The summed E-state index contributed by atoms with van der Waals surface area (Å²) in [7, 11) is 0. The minimum absolute atomic E-state index is 0. The molecular weight excluding hydrogens is 286 g/mol. The maximum Gasteiger partial charge on any atom is 0.315 e. The van der Waals surface area contributed by atoms with E-state index in [1.54, 1.807) is 13.8 Å². The molecule has 0 rings (SSSR count). The van der Waals surface area contributed by atoms with Gasteiger partial charge < -0.3 is 16.0 Å². The Morgan fingerprint density at radius 2 is 1.71 bits per heavy atom. The van der Waals surface area contributed by atoms with Gasteiger partial charge in [0.15, 0.2) is 5.78 Å². The molecule has 21 heavy (non-hydrogen) atoms. The molecule has 5 nitrogen and oxygen atoms in total. The van der Waals surface area contributed by atoms with E-state index in [2.05, 4.69) is 22.2 Å². The van der Waals surface area contributed by atoms with Gasteiger partial charge in [0, 0.05) is 17.4 Å². The molecule has 3 N–H and O–H groups in total. The third-order valence-electron chi connectivity index (χ3n) is 3.35. The molecule has 0 aliphatic rings. The molecule has 0 aromatic carbocycles. The number of unbranched alkanes of at least 4 members (excludes halogenated alkanes) is 3. The van der Waals surface area contributed by atoms with Crippen LogP contribution in [-0.4, -0.2) is 49.0 Å². The minimum Gasteiger partial charge on any atom is -0.337 e. The zero-order chi connectivity index (χ0) is 16.1. The van der Waals surface area contributed by atoms with Crippen LogP contribution in [0.3, 0.4) is 0 Å². The lowest BCUT2D eigenvalue weighted by atomic mass is 10.0. The molecule has 0 saturated heterocycles. The highest BCUT2D eigenvalue weighted by Gasteiger charge is 2.25. The number of amides is 2. The van der Waals surface area contributed by atoms with Crippen LogP contribution in [0.1, 0.15) is 50.7 Å². The van der Waals surface area contributed by atoms with E-state index in [9.17, 15) is 9.59 Å². The van der Waals surface area contributed by atoms with Crippen molar-refractivity contribution >= 4 is 23.6 Å². The van der Waals surface area contributed by atoms with E-state index >= 15 is 0 Å². The first kappa shape index (κ1) is 20.2. The molecule has 0 aliphatic heterocycles. The molecule has 0 bridgehead atoms. The summed E-state index contributed by atoms with van der Waals surface area (Å²) >= 11 is 1.90. The summed E-state index contributed by atoms with van der Waals surface area (Å²) < 4.78 is 0. The monoisotopic (exact) mass is 323 g/mol. The average Bonchev–Trinajstić information content (AvgIpc) is 2.40. The van der Waals surface area contributed by atoms with Crippen LogP contribution >= 0.6 is 11.8 Å². The van der Waals surface area contributed by atoms with Gasteiger partial charge in [-0.05, 0) is 52.2 Å². The lowest BCUT2D eigenvalue weighted by molar-refractivity contribution is -0.121. The topological polar surface area (TPSA) is 70.2 Å². The number of urea groups is 1. The van der Waals surface area contributed by atoms with Gasteiger partial charge in [-0.3, -0.25) is 4.79 Å². The van der Waals surface area contributed by atoms with Gasteiger partial charge in [0.2, 0.25) is 0 Å². The number of thioether (sulfide) groups is 1. The molecular formula is C15H37N3O2S. The number of hydrogen-bond acceptors (Lipinski definition) is 4. The summed E-state index contributed by atoms with van der Waals surface area (Å²) in [5.74, 6) is 1.19. The van der Waals surface area contributed by atoms with Crippen LogP contribution in [0.15, 0.2) is 0 Å². The van der Waals surface area contributed by atoms with Gasteiger partial charge in [-0.15, -0.1) is 0 Å². The Morgan fingerprint density at radius 1 is 1.05 bits per heavy atom. The van der Waals surface area contributed by atoms with Crippen LogP contribution in [0.2, 0.25) is 0 Å². The Bertz CT molecular complexity index is 322. The van der Waals surface area contributed by atoms with Crippen LogP contribution in [-0.2, 0) is 4.79 Å². The van der Waals surface area contributed by atoms with Gasteiger partial charge in [-0.25, -0.2) is 4.79 Å². The predicted molar refractivity (Wildman–Crippen MR) is 97.4 cm³/mol. The van der Waals surface area contributed by atoms with Crippen molar-refractivity contribution in [2.45, 2.75) is 52.0 Å². The van der Waals surface area contributed by atoms with E-state index in [4.69, 9.17) is 0 Å². The first-order chi connectivity index (χ1) is 9.90. The van der Waals surface area contributed by atoms with Crippen molar-refractivity contribution < 1.29 is 13.9 Å². The van der Waals surface area contributed by atoms with E-state index < -0.39 is 5.54 Å². The smallest absolute Gasteiger partial charge is 0.315 e. The first-order valence-electron chi connectivity index (χ1n) is 7.67. The van der Waals surface area contributed by atoms with E-state index in [1.807, 2.05) is 11.8 Å². The molecule has 0 aromatic rings. The third kappa shape index (κ3) is 11.6.